The van der Waals surface area contributed by atoms with Crippen molar-refractivity contribution in [2.45, 2.75) is 38.5 Å². The molecule has 0 aromatic heterocycles. The van der Waals surface area contributed by atoms with Gasteiger partial charge in [-0.3, -0.25) is 9.59 Å². The van der Waals surface area contributed by atoms with Gasteiger partial charge in [-0.25, -0.2) is 0 Å². The number of amides is 2. The summed E-state index contributed by atoms with van der Waals surface area (Å²) in [4.78, 5) is 26.7. The van der Waals surface area contributed by atoms with Crippen LogP contribution in [0.25, 0.3) is 0 Å². The lowest BCUT2D eigenvalue weighted by molar-refractivity contribution is -0.130. The van der Waals surface area contributed by atoms with Crippen molar-refractivity contribution in [3.63, 3.8) is 0 Å². The van der Waals surface area contributed by atoms with E-state index in [4.69, 9.17) is 10.5 Å². The maximum Gasteiger partial charge on any atom is 0.232 e. The molecule has 3 N–H and O–H groups in total. The fraction of sp³-hybridized carbons (Fsp3) is 0.600. The minimum atomic E-state index is -0.529. The number of nitrogens with one attached hydrogen (secondary N) is 1. The normalized spacial score (nSPS) is 18.6. The van der Waals surface area contributed by atoms with Gasteiger partial charge in [-0.05, 0) is 49.8 Å². The Labute approximate surface area is 167 Å². The third-order valence-corrected chi connectivity index (χ3v) is 5.62. The number of anilines is 1. The van der Waals surface area contributed by atoms with Crippen molar-refractivity contribution in [1.82, 2.24) is 4.90 Å². The predicted molar refractivity (Wildman–Crippen MR) is 108 cm³/mol. The zero-order chi connectivity index (χ0) is 18.4. The number of hydrogen-bond donors (Lipinski definition) is 2. The van der Waals surface area contributed by atoms with E-state index in [-0.39, 0.29) is 24.2 Å². The van der Waals surface area contributed by atoms with E-state index in [2.05, 4.69) is 5.32 Å². The minimum absolute atomic E-state index is 0. The lowest BCUT2D eigenvalue weighted by atomic mass is 9.79. The molecule has 2 aliphatic rings. The van der Waals surface area contributed by atoms with Gasteiger partial charge < -0.3 is 20.7 Å². The fourth-order valence-electron chi connectivity index (χ4n) is 3.68. The average Bonchev–Trinajstić information content (AvgIpc) is 3.22. The number of likely N-dealkylation sites (tertiary alicyclic amines) is 1. The van der Waals surface area contributed by atoms with Crippen LogP contribution in [-0.2, 0) is 20.7 Å². The monoisotopic (exact) mass is 395 g/mol. The van der Waals surface area contributed by atoms with Crippen LogP contribution in [0.4, 0.5) is 5.69 Å². The van der Waals surface area contributed by atoms with Gasteiger partial charge in [-0.1, -0.05) is 12.1 Å². The third kappa shape index (κ3) is 5.43. The van der Waals surface area contributed by atoms with Gasteiger partial charge in [0.05, 0.1) is 5.41 Å². The highest BCUT2D eigenvalue weighted by molar-refractivity contribution is 5.95. The molecular weight excluding hydrogens is 366 g/mol. The maximum absolute atomic E-state index is 12.7. The van der Waals surface area contributed by atoms with E-state index in [0.717, 1.165) is 43.6 Å². The zero-order valence-electron chi connectivity index (χ0n) is 15.7. The summed E-state index contributed by atoms with van der Waals surface area (Å²) in [7, 11) is 0. The molecule has 0 aliphatic carbocycles. The van der Waals surface area contributed by atoms with Gasteiger partial charge in [0.2, 0.25) is 11.8 Å². The number of benzene rings is 1. The highest BCUT2D eigenvalue weighted by Crippen LogP contribution is 2.31. The number of nitrogens with two attached hydrogens (primary N) is 1. The summed E-state index contributed by atoms with van der Waals surface area (Å²) in [6, 6.07) is 7.76. The van der Waals surface area contributed by atoms with Gasteiger partial charge in [-0.15, -0.1) is 12.4 Å². The molecule has 0 radical (unpaired) electrons. The first-order valence-electron chi connectivity index (χ1n) is 9.59. The Kier molecular flexibility index (Phi) is 8.07. The summed E-state index contributed by atoms with van der Waals surface area (Å²) in [5.41, 5.74) is 7.23. The first-order valence-corrected chi connectivity index (χ1v) is 9.59. The third-order valence-electron chi connectivity index (χ3n) is 5.62. The van der Waals surface area contributed by atoms with Crippen LogP contribution in [0.3, 0.4) is 0 Å². The minimum Gasteiger partial charge on any atom is -0.381 e. The van der Waals surface area contributed by atoms with E-state index in [1.807, 2.05) is 29.2 Å². The second-order valence-corrected chi connectivity index (χ2v) is 7.34. The van der Waals surface area contributed by atoms with Crippen molar-refractivity contribution in [1.29, 1.82) is 0 Å². The summed E-state index contributed by atoms with van der Waals surface area (Å²) in [5.74, 6) is 0.213. The standard InChI is InChI=1S/C20H29N3O3.ClH/c21-15-20(9-13-26-14-10-20)19(25)22-17-6-3-16(4-7-17)5-8-18(24)23-11-1-2-12-23;/h3-4,6-7H,1-2,5,8-15,21H2,(H,22,25);1H. The largest absolute Gasteiger partial charge is 0.381 e. The molecule has 0 atom stereocenters. The lowest BCUT2D eigenvalue weighted by Gasteiger charge is -2.34. The van der Waals surface area contributed by atoms with Gasteiger partial charge in [0, 0.05) is 45.0 Å². The van der Waals surface area contributed by atoms with Gasteiger partial charge in [0.1, 0.15) is 0 Å². The fourth-order valence-corrected chi connectivity index (χ4v) is 3.68. The molecule has 0 bridgehead atoms. The molecule has 6 nitrogen and oxygen atoms in total. The van der Waals surface area contributed by atoms with E-state index >= 15 is 0 Å². The van der Waals surface area contributed by atoms with E-state index in [9.17, 15) is 9.59 Å². The van der Waals surface area contributed by atoms with Crippen molar-refractivity contribution < 1.29 is 14.3 Å². The summed E-state index contributed by atoms with van der Waals surface area (Å²) in [5, 5.41) is 2.99. The molecule has 3 rings (SSSR count). The molecule has 1 aromatic carbocycles. The number of hydrogen-bond acceptors (Lipinski definition) is 4. The first-order chi connectivity index (χ1) is 12.6. The lowest BCUT2D eigenvalue weighted by Crippen LogP contribution is -2.46. The van der Waals surface area contributed by atoms with E-state index in [1.54, 1.807) is 0 Å². The van der Waals surface area contributed by atoms with Crippen LogP contribution in [0.2, 0.25) is 0 Å². The van der Waals surface area contributed by atoms with E-state index < -0.39 is 5.41 Å². The smallest absolute Gasteiger partial charge is 0.232 e. The number of carbonyl (C=O) groups is 2. The summed E-state index contributed by atoms with van der Waals surface area (Å²) in [6.45, 7) is 3.29. The molecule has 7 heteroatoms. The van der Waals surface area contributed by atoms with Gasteiger partial charge in [0.25, 0.3) is 0 Å². The highest BCUT2D eigenvalue weighted by Gasteiger charge is 2.38. The Morgan fingerprint density at radius 2 is 1.74 bits per heavy atom. The number of rotatable bonds is 6. The summed E-state index contributed by atoms with van der Waals surface area (Å²) >= 11 is 0. The Morgan fingerprint density at radius 3 is 2.33 bits per heavy atom. The zero-order valence-corrected chi connectivity index (χ0v) is 16.6. The molecule has 150 valence electrons. The number of nitrogens with zero attached hydrogens (tertiary/aromatic N) is 1. The Bertz CT molecular complexity index is 624. The Balaban J connectivity index is 0.00000261. The molecule has 2 amide bonds. The van der Waals surface area contributed by atoms with Crippen molar-refractivity contribution in [2.75, 3.05) is 38.2 Å². The SMILES string of the molecule is Cl.NCC1(C(=O)Nc2ccc(CCC(=O)N3CCCC3)cc2)CCOCC1. The summed E-state index contributed by atoms with van der Waals surface area (Å²) in [6.07, 6.45) is 4.83. The van der Waals surface area contributed by atoms with Crippen LogP contribution in [0.5, 0.6) is 0 Å². The van der Waals surface area contributed by atoms with E-state index in [1.165, 1.54) is 0 Å². The number of halogens is 1. The molecule has 1 aromatic rings. The molecule has 2 aliphatic heterocycles. The quantitative estimate of drug-likeness (QED) is 0.774. The second kappa shape index (κ2) is 10.1. The molecule has 27 heavy (non-hydrogen) atoms. The Morgan fingerprint density at radius 1 is 1.11 bits per heavy atom. The van der Waals surface area contributed by atoms with Crippen molar-refractivity contribution in [3.8, 4) is 0 Å². The Hall–Kier alpha value is -1.63. The van der Waals surface area contributed by atoms with E-state index in [0.29, 0.717) is 39.0 Å². The molecule has 2 saturated heterocycles. The van der Waals surface area contributed by atoms with Crippen molar-refractivity contribution in [2.24, 2.45) is 11.1 Å². The molecule has 0 unspecified atom stereocenters. The van der Waals surface area contributed by atoms with Crippen LogP contribution in [0, 0.1) is 5.41 Å². The average molecular weight is 396 g/mol. The van der Waals surface area contributed by atoms with Crippen LogP contribution in [0.15, 0.2) is 24.3 Å². The number of ether oxygens (including phenoxy) is 1. The van der Waals surface area contributed by atoms with Gasteiger partial charge in [0.15, 0.2) is 0 Å². The van der Waals surface area contributed by atoms with Crippen molar-refractivity contribution in [3.05, 3.63) is 29.8 Å². The topological polar surface area (TPSA) is 84.7 Å². The molecule has 2 heterocycles. The molecule has 0 saturated carbocycles. The van der Waals surface area contributed by atoms with Gasteiger partial charge >= 0.3 is 0 Å². The van der Waals surface area contributed by atoms with Gasteiger partial charge in [-0.2, -0.15) is 0 Å². The first kappa shape index (κ1) is 21.7. The number of aryl methyl sites for hydroxylation is 1. The van der Waals surface area contributed by atoms with Crippen LogP contribution < -0.4 is 11.1 Å². The van der Waals surface area contributed by atoms with Crippen LogP contribution in [-0.4, -0.2) is 49.6 Å². The summed E-state index contributed by atoms with van der Waals surface area (Å²) < 4.78 is 5.36. The van der Waals surface area contributed by atoms with Crippen LogP contribution >= 0.6 is 12.4 Å². The second-order valence-electron chi connectivity index (χ2n) is 7.34. The highest BCUT2D eigenvalue weighted by atomic mass is 35.5. The molecule has 0 spiro atoms. The van der Waals surface area contributed by atoms with Crippen molar-refractivity contribution >= 4 is 29.9 Å². The molecule has 2 fully saturated rings. The van der Waals surface area contributed by atoms with Crippen LogP contribution in [0.1, 0.15) is 37.7 Å². The predicted octanol–water partition coefficient (Wildman–Crippen LogP) is 2.36. The number of carbonyl (C=O) groups excluding carboxylic acids is 2. The maximum atomic E-state index is 12.7. The molecular formula is C20H30ClN3O3.